The highest BCUT2D eigenvalue weighted by atomic mass is 19.1. The van der Waals surface area contributed by atoms with Gasteiger partial charge in [-0.1, -0.05) is 113 Å². The summed E-state index contributed by atoms with van der Waals surface area (Å²) in [5.74, 6) is 8.73. The number of alkyl halides is 1. The van der Waals surface area contributed by atoms with Crippen LogP contribution in [-0.4, -0.2) is 171 Å². The number of para-hydroxylation sites is 4. The fraction of sp³-hybridized carbons (Fsp3) is 0.439. The Morgan fingerprint density at radius 3 is 1.07 bits per heavy atom. The van der Waals surface area contributed by atoms with Crippen LogP contribution in [0.1, 0.15) is 199 Å². The molecular weight excluding hydrogens is 1670 g/mol. The number of rotatable bonds is 19. The van der Waals surface area contributed by atoms with Gasteiger partial charge in [-0.2, -0.15) is 19.9 Å². The molecule has 4 saturated carbocycles. The Hall–Kier alpha value is -12.1. The Labute approximate surface area is 782 Å². The van der Waals surface area contributed by atoms with Gasteiger partial charge < -0.3 is 54.7 Å². The van der Waals surface area contributed by atoms with Gasteiger partial charge in [0.2, 0.25) is 23.8 Å². The lowest BCUT2D eigenvalue weighted by Crippen LogP contribution is -2.33. The smallest absolute Gasteiger partial charge is 0.230 e. The molecule has 16 heterocycles. The van der Waals surface area contributed by atoms with Crippen molar-refractivity contribution in [2.75, 3.05) is 94.1 Å². The second-order valence-corrected chi connectivity index (χ2v) is 39.1. The summed E-state index contributed by atoms with van der Waals surface area (Å²) in [7, 11) is 1.76. The Morgan fingerprint density at radius 1 is 0.351 bits per heavy atom. The van der Waals surface area contributed by atoms with Crippen molar-refractivity contribution in [2.45, 2.75) is 206 Å². The predicted octanol–water partition coefficient (Wildman–Crippen LogP) is 21.2. The Kier molecular flexibility index (Phi) is 26.3. The van der Waals surface area contributed by atoms with E-state index in [0.717, 1.165) is 194 Å². The summed E-state index contributed by atoms with van der Waals surface area (Å²) in [5.41, 5.74) is 18.9. The summed E-state index contributed by atoms with van der Waals surface area (Å²) in [6.45, 7) is 19.5. The number of hydrogen-bond acceptors (Lipinski definition) is 22. The van der Waals surface area contributed by atoms with Crippen LogP contribution in [0.15, 0.2) is 171 Å². The molecule has 4 aliphatic carbocycles. The lowest BCUT2D eigenvalue weighted by molar-refractivity contribution is 0.140. The first-order chi connectivity index (χ1) is 65.8. The van der Waals surface area contributed by atoms with Crippen LogP contribution in [0.2, 0.25) is 0 Å². The molecule has 0 atom stereocenters. The number of hydrogen-bond donors (Lipinski definition) is 6. The zero-order chi connectivity index (χ0) is 90.7. The SMILES string of the molecule is CC1CCC(n2c3ccccc3c3cnc(Nc4cc5c(cn4)CCN(CCO)C5)nc32)CC1.CC1CCC(n2c3ccccc3c3cnc(Nc4cc5c(cn4)CCNC5)nc32)CC1.CC1CCC(n2c3ccccc3c3cnc(Nc4ccc5c(n4)CCN(CCF)C5)nc32)CC1.COCCN1CCc2nc(Nc3ncc4c5ccccc5n(C5CCC(C)CC5)c4n3)ccc2C1. The van der Waals surface area contributed by atoms with Gasteiger partial charge in [-0.25, -0.2) is 44.3 Å². The van der Waals surface area contributed by atoms with E-state index in [9.17, 15) is 9.50 Å². The number of β-amino-alcohol motifs (C(OH)–C–C–N with tert-alkyl or cyclic N) is 1. The molecule has 16 aromatic rings. The zero-order valence-corrected chi connectivity index (χ0v) is 78.1. The fourth-order valence-electron chi connectivity index (χ4n) is 22.4. The Balaban J connectivity index is 0.000000107. The molecule has 0 unspecified atom stereocenters. The summed E-state index contributed by atoms with van der Waals surface area (Å²) >= 11 is 0. The van der Waals surface area contributed by atoms with Gasteiger partial charge in [0.05, 0.1) is 35.3 Å². The first-order valence-corrected chi connectivity index (χ1v) is 49.4. The molecule has 4 fully saturated rings. The minimum absolute atomic E-state index is 0.188. The predicted molar refractivity (Wildman–Crippen MR) is 534 cm³/mol. The van der Waals surface area contributed by atoms with Crippen LogP contribution in [0.3, 0.4) is 0 Å². The molecule has 692 valence electrons. The molecule has 0 spiro atoms. The molecule has 0 bridgehead atoms. The number of nitrogens with one attached hydrogen (secondary N) is 5. The van der Waals surface area contributed by atoms with Crippen molar-refractivity contribution in [2.24, 2.45) is 23.7 Å². The highest BCUT2D eigenvalue weighted by molar-refractivity contribution is 6.09. The number of nitrogens with zero attached hydrogens (tertiary/aromatic N) is 19. The van der Waals surface area contributed by atoms with Crippen LogP contribution in [-0.2, 0) is 56.6 Å². The van der Waals surface area contributed by atoms with E-state index in [0.29, 0.717) is 61.1 Å². The van der Waals surface area contributed by atoms with Gasteiger partial charge in [0, 0.05) is 201 Å². The average Bonchev–Trinajstić information content (AvgIpc) is 1.61. The van der Waals surface area contributed by atoms with Crippen LogP contribution < -0.4 is 26.6 Å². The molecular formula is C107H125FN24O2. The van der Waals surface area contributed by atoms with E-state index in [1.165, 1.54) is 180 Å². The number of fused-ring (bicyclic) bond motifs is 16. The molecule has 0 amide bonds. The normalized spacial score (nSPS) is 21.1. The molecule has 26 nitrogen and oxygen atoms in total. The Bertz CT molecular complexity index is 6870. The molecule has 8 aliphatic rings. The quantitative estimate of drug-likeness (QED) is 0.0439. The molecule has 27 heteroatoms. The standard InChI is InChI=1S/C28H34N6O.C27H31FN6.C27H32N6O.C25H28N6/c1-19-7-10-21(11-8-19)34-25-6-4-3-5-22(25)23-17-29-28(32-27(23)34)31-26-12-9-20-18-33(15-16-35-2)14-13-24(20)30-26;1-18-6-9-20(10-7-18)34-24-5-3-2-4-21(24)22-16-29-27(32-26(22)34)31-25-11-8-19-17-33(15-13-28)14-12-23(19)30-25;1-18-6-8-21(9-7-18)33-24-5-3-2-4-22(24)23-16-29-27(31-26(23)33)30-25-14-20-17-32(12-13-34)11-10-19(20)15-28-25;1-16-6-8-19(9-7-16)31-22-5-3-2-4-20(22)21-15-28-25(30-24(21)31)29-23-12-18-13-26-11-10-17(18)14-27-23/h3-6,9,12,17,19,21H,7-8,10-11,13-16,18H2,1-2H3,(H,29,30,31,32);2-5,8,11,16,18,20H,6-7,9-10,12-15,17H2,1H3,(H,29,30,31,32);2-5,14-16,18,21,34H,6-13,17H2,1H3,(H,28,29,30,31);2-5,12,14-16,19,26H,6-11,13H2,1H3,(H,27,28,29,30). The van der Waals surface area contributed by atoms with Crippen LogP contribution in [0.5, 0.6) is 0 Å². The van der Waals surface area contributed by atoms with Crippen molar-refractivity contribution in [3.05, 3.63) is 215 Å². The summed E-state index contributed by atoms with van der Waals surface area (Å²) in [5, 5.41) is 35.5. The third-order valence-electron chi connectivity index (χ3n) is 30.0. The van der Waals surface area contributed by atoms with Gasteiger partial charge in [-0.05, 0) is 228 Å². The Morgan fingerprint density at radius 2 is 0.694 bits per heavy atom. The van der Waals surface area contributed by atoms with Crippen LogP contribution in [0.4, 0.5) is 51.5 Å². The first kappa shape index (κ1) is 88.5. The summed E-state index contributed by atoms with van der Waals surface area (Å²) in [4.78, 5) is 64.5. The first-order valence-electron chi connectivity index (χ1n) is 49.4. The van der Waals surface area contributed by atoms with Crippen LogP contribution >= 0.6 is 0 Å². The third-order valence-corrected chi connectivity index (χ3v) is 30.0. The number of pyridine rings is 4. The zero-order valence-electron chi connectivity index (χ0n) is 78.1. The number of aliphatic hydroxyl groups is 1. The van der Waals surface area contributed by atoms with Gasteiger partial charge in [0.25, 0.3) is 0 Å². The van der Waals surface area contributed by atoms with E-state index in [-0.39, 0.29) is 13.3 Å². The van der Waals surface area contributed by atoms with Gasteiger partial charge >= 0.3 is 0 Å². The average molecular weight is 1800 g/mol. The molecule has 134 heavy (non-hydrogen) atoms. The summed E-state index contributed by atoms with van der Waals surface area (Å²) in [6.07, 6.45) is 35.3. The molecule has 4 aromatic carbocycles. The maximum absolute atomic E-state index is 12.7. The van der Waals surface area contributed by atoms with E-state index in [1.54, 1.807) is 7.11 Å². The minimum atomic E-state index is -0.307. The summed E-state index contributed by atoms with van der Waals surface area (Å²) in [6, 6.07) is 48.9. The monoisotopic (exact) mass is 1800 g/mol. The number of aromatic nitrogens is 16. The largest absolute Gasteiger partial charge is 0.395 e. The van der Waals surface area contributed by atoms with E-state index in [2.05, 4.69) is 238 Å². The van der Waals surface area contributed by atoms with E-state index in [4.69, 9.17) is 34.6 Å². The fourth-order valence-corrected chi connectivity index (χ4v) is 22.4. The maximum atomic E-state index is 12.7. The lowest BCUT2D eigenvalue weighted by atomic mass is 9.87. The van der Waals surface area contributed by atoms with Crippen LogP contribution in [0.25, 0.3) is 87.7 Å². The summed E-state index contributed by atoms with van der Waals surface area (Å²) < 4.78 is 27.8. The second-order valence-electron chi connectivity index (χ2n) is 39.1. The maximum Gasteiger partial charge on any atom is 0.230 e. The highest BCUT2D eigenvalue weighted by Crippen LogP contribution is 2.45. The van der Waals surface area contributed by atoms with E-state index < -0.39 is 0 Å². The third kappa shape index (κ3) is 18.8. The van der Waals surface area contributed by atoms with Gasteiger partial charge in [0.15, 0.2) is 0 Å². The van der Waals surface area contributed by atoms with Crippen molar-refractivity contribution in [1.82, 2.24) is 98.1 Å². The minimum Gasteiger partial charge on any atom is -0.395 e. The number of benzene rings is 4. The number of anilines is 8. The molecule has 24 rings (SSSR count). The number of ether oxygens (including phenoxy) is 1. The van der Waals surface area contributed by atoms with Gasteiger partial charge in [0.1, 0.15) is 52.5 Å². The van der Waals surface area contributed by atoms with Crippen molar-refractivity contribution in [3.63, 3.8) is 0 Å². The topological polar surface area (TPSA) is 274 Å². The molecule has 12 aromatic heterocycles. The molecule has 0 saturated heterocycles. The molecule has 6 N–H and O–H groups in total. The number of methoxy groups -OCH3 is 1. The molecule has 4 aliphatic heterocycles. The lowest BCUT2D eigenvalue weighted by Gasteiger charge is -2.28. The van der Waals surface area contributed by atoms with Crippen LogP contribution in [0, 0.1) is 23.7 Å². The van der Waals surface area contributed by atoms with E-state index >= 15 is 0 Å². The second kappa shape index (κ2) is 39.8. The van der Waals surface area contributed by atoms with Crippen molar-refractivity contribution >= 4 is 135 Å². The van der Waals surface area contributed by atoms with Crippen molar-refractivity contribution < 1.29 is 14.2 Å². The van der Waals surface area contributed by atoms with Gasteiger partial charge in [-0.3, -0.25) is 14.7 Å². The van der Waals surface area contributed by atoms with Gasteiger partial charge in [-0.15, -0.1) is 0 Å². The highest BCUT2D eigenvalue weighted by Gasteiger charge is 2.32. The number of aliphatic hydroxyl groups excluding tert-OH is 1. The van der Waals surface area contributed by atoms with Crippen molar-refractivity contribution in [1.29, 1.82) is 0 Å². The van der Waals surface area contributed by atoms with E-state index in [1.807, 2.05) is 49.3 Å². The number of halogens is 1. The van der Waals surface area contributed by atoms with Crippen molar-refractivity contribution in [3.8, 4) is 0 Å². The molecule has 0 radical (unpaired) electrons.